The first kappa shape index (κ1) is 16.4. The van der Waals surface area contributed by atoms with E-state index in [1.165, 1.54) is 0 Å². The van der Waals surface area contributed by atoms with Crippen molar-refractivity contribution in [2.75, 3.05) is 20.1 Å². The predicted octanol–water partition coefficient (Wildman–Crippen LogP) is 1.55. The Morgan fingerprint density at radius 1 is 1.52 bits per heavy atom. The molecule has 1 aromatic rings. The van der Waals surface area contributed by atoms with Crippen LogP contribution in [0.2, 0.25) is 0 Å². The molecule has 1 fully saturated rings. The Labute approximate surface area is 130 Å². The molecule has 0 aromatic carbocycles. The molecule has 0 radical (unpaired) electrons. The number of piperidine rings is 1. The van der Waals surface area contributed by atoms with E-state index in [2.05, 4.69) is 36.1 Å². The van der Waals surface area contributed by atoms with Crippen LogP contribution in [0.25, 0.3) is 0 Å². The van der Waals surface area contributed by atoms with Crippen LogP contribution in [0.15, 0.2) is 5.38 Å². The van der Waals surface area contributed by atoms with Gasteiger partial charge in [0.1, 0.15) is 5.01 Å². The molecule has 0 spiro atoms. The summed E-state index contributed by atoms with van der Waals surface area (Å²) in [6.07, 6.45) is 2.42. The van der Waals surface area contributed by atoms with E-state index in [9.17, 15) is 4.79 Å². The molecule has 1 aliphatic rings. The summed E-state index contributed by atoms with van der Waals surface area (Å²) < 4.78 is 0. The van der Waals surface area contributed by atoms with Crippen LogP contribution in [0.3, 0.4) is 0 Å². The lowest BCUT2D eigenvalue weighted by molar-refractivity contribution is -0.121. The van der Waals surface area contributed by atoms with Gasteiger partial charge in [-0.25, -0.2) is 4.98 Å². The van der Waals surface area contributed by atoms with Crippen molar-refractivity contribution in [3.05, 3.63) is 16.1 Å². The van der Waals surface area contributed by atoms with Crippen LogP contribution in [0.5, 0.6) is 0 Å². The average Bonchev–Trinajstić information content (AvgIpc) is 2.88. The molecule has 3 N–H and O–H groups in total. The summed E-state index contributed by atoms with van der Waals surface area (Å²) in [5.41, 5.74) is 6.92. The zero-order valence-corrected chi connectivity index (χ0v) is 13.9. The van der Waals surface area contributed by atoms with Crippen LogP contribution in [-0.4, -0.2) is 42.0 Å². The van der Waals surface area contributed by atoms with Crippen molar-refractivity contribution in [3.63, 3.8) is 0 Å². The van der Waals surface area contributed by atoms with Gasteiger partial charge in [0, 0.05) is 11.4 Å². The molecule has 2 heterocycles. The SMILES string of the molecule is CC(C)C(N)c1nc(CC(=O)NC2CCN(C)CC2)cs1. The van der Waals surface area contributed by atoms with E-state index < -0.39 is 0 Å². The minimum absolute atomic E-state index is 0.0410. The Balaban J connectivity index is 1.83. The lowest BCUT2D eigenvalue weighted by Gasteiger charge is -2.29. The fourth-order valence-corrected chi connectivity index (χ4v) is 3.43. The summed E-state index contributed by atoms with van der Waals surface area (Å²) in [4.78, 5) is 18.9. The van der Waals surface area contributed by atoms with Crippen molar-refractivity contribution in [2.45, 2.75) is 45.2 Å². The van der Waals surface area contributed by atoms with Crippen LogP contribution < -0.4 is 11.1 Å². The highest BCUT2D eigenvalue weighted by Crippen LogP contribution is 2.22. The molecule has 0 bridgehead atoms. The van der Waals surface area contributed by atoms with Crippen molar-refractivity contribution >= 4 is 17.2 Å². The minimum atomic E-state index is -0.0410. The molecule has 1 amide bonds. The largest absolute Gasteiger partial charge is 0.353 e. The molecular formula is C15H26N4OS. The Kier molecular flexibility index (Phi) is 5.72. The highest BCUT2D eigenvalue weighted by Gasteiger charge is 2.20. The molecule has 5 nitrogen and oxygen atoms in total. The third kappa shape index (κ3) is 4.76. The summed E-state index contributed by atoms with van der Waals surface area (Å²) in [5.74, 6) is 0.427. The van der Waals surface area contributed by atoms with Gasteiger partial charge in [-0.2, -0.15) is 0 Å². The second-order valence-corrected chi connectivity index (χ2v) is 7.16. The highest BCUT2D eigenvalue weighted by atomic mass is 32.1. The smallest absolute Gasteiger partial charge is 0.226 e. The lowest BCUT2D eigenvalue weighted by atomic mass is 10.1. The van der Waals surface area contributed by atoms with Gasteiger partial charge in [-0.1, -0.05) is 13.8 Å². The third-order valence-corrected chi connectivity index (χ3v) is 4.99. The summed E-state index contributed by atoms with van der Waals surface area (Å²) in [6.45, 7) is 6.27. The van der Waals surface area contributed by atoms with Gasteiger partial charge in [0.05, 0.1) is 18.2 Å². The molecule has 1 aliphatic heterocycles. The molecule has 6 heteroatoms. The Morgan fingerprint density at radius 3 is 2.81 bits per heavy atom. The Morgan fingerprint density at radius 2 is 2.19 bits per heavy atom. The first-order chi connectivity index (χ1) is 9.95. The number of thiazole rings is 1. The van der Waals surface area contributed by atoms with Crippen molar-refractivity contribution in [2.24, 2.45) is 11.7 Å². The van der Waals surface area contributed by atoms with E-state index in [-0.39, 0.29) is 11.9 Å². The lowest BCUT2D eigenvalue weighted by Crippen LogP contribution is -2.43. The minimum Gasteiger partial charge on any atom is -0.353 e. The van der Waals surface area contributed by atoms with Crippen molar-refractivity contribution < 1.29 is 4.79 Å². The first-order valence-electron chi connectivity index (χ1n) is 7.63. The van der Waals surface area contributed by atoms with E-state index in [0.717, 1.165) is 36.6 Å². The number of nitrogens with two attached hydrogens (primary N) is 1. The fraction of sp³-hybridized carbons (Fsp3) is 0.733. The molecule has 1 unspecified atom stereocenters. The predicted molar refractivity (Wildman–Crippen MR) is 86.2 cm³/mol. The second kappa shape index (κ2) is 7.33. The van der Waals surface area contributed by atoms with Crippen LogP contribution >= 0.6 is 11.3 Å². The standard InChI is InChI=1S/C15H26N4OS/c1-10(2)14(16)15-18-12(9-21-15)8-13(20)17-11-4-6-19(3)7-5-11/h9-11,14H,4-8,16H2,1-3H3,(H,17,20). The zero-order valence-electron chi connectivity index (χ0n) is 13.1. The van der Waals surface area contributed by atoms with Crippen LogP contribution in [0, 0.1) is 5.92 Å². The molecule has 21 heavy (non-hydrogen) atoms. The van der Waals surface area contributed by atoms with Gasteiger partial charge >= 0.3 is 0 Å². The third-order valence-electron chi connectivity index (χ3n) is 4.00. The molecule has 0 saturated carbocycles. The summed E-state index contributed by atoms with van der Waals surface area (Å²) in [5, 5.41) is 5.99. The summed E-state index contributed by atoms with van der Waals surface area (Å²) in [7, 11) is 2.12. The van der Waals surface area contributed by atoms with Gasteiger partial charge in [0.25, 0.3) is 0 Å². The summed E-state index contributed by atoms with van der Waals surface area (Å²) >= 11 is 1.55. The number of nitrogens with one attached hydrogen (secondary N) is 1. The molecule has 0 aliphatic carbocycles. The van der Waals surface area contributed by atoms with E-state index >= 15 is 0 Å². The van der Waals surface area contributed by atoms with Crippen LogP contribution in [0.1, 0.15) is 43.4 Å². The topological polar surface area (TPSA) is 71.2 Å². The second-order valence-electron chi connectivity index (χ2n) is 6.27. The monoisotopic (exact) mass is 310 g/mol. The highest BCUT2D eigenvalue weighted by molar-refractivity contribution is 7.09. The number of hydrogen-bond acceptors (Lipinski definition) is 5. The van der Waals surface area contributed by atoms with E-state index in [1.807, 2.05) is 5.38 Å². The Bertz CT molecular complexity index is 466. The van der Waals surface area contributed by atoms with E-state index in [1.54, 1.807) is 11.3 Å². The molecule has 118 valence electrons. The molecular weight excluding hydrogens is 284 g/mol. The maximum Gasteiger partial charge on any atom is 0.226 e. The maximum atomic E-state index is 12.1. The maximum absolute atomic E-state index is 12.1. The van der Waals surface area contributed by atoms with Gasteiger partial charge in [-0.3, -0.25) is 4.79 Å². The number of nitrogens with zero attached hydrogens (tertiary/aromatic N) is 2. The fourth-order valence-electron chi connectivity index (χ4n) is 2.44. The van der Waals surface area contributed by atoms with Gasteiger partial charge < -0.3 is 16.0 Å². The first-order valence-corrected chi connectivity index (χ1v) is 8.51. The average molecular weight is 310 g/mol. The quantitative estimate of drug-likeness (QED) is 0.865. The van der Waals surface area contributed by atoms with Gasteiger partial charge in [-0.15, -0.1) is 11.3 Å². The number of carbonyl (C=O) groups is 1. The van der Waals surface area contributed by atoms with Crippen molar-refractivity contribution in [1.82, 2.24) is 15.2 Å². The van der Waals surface area contributed by atoms with Gasteiger partial charge in [0.2, 0.25) is 5.91 Å². The molecule has 2 rings (SSSR count). The van der Waals surface area contributed by atoms with Gasteiger partial charge in [-0.05, 0) is 38.9 Å². The Hall–Kier alpha value is -0.980. The number of rotatable bonds is 5. The van der Waals surface area contributed by atoms with Crippen molar-refractivity contribution in [3.8, 4) is 0 Å². The number of hydrogen-bond donors (Lipinski definition) is 2. The van der Waals surface area contributed by atoms with E-state index in [0.29, 0.717) is 18.4 Å². The number of carbonyl (C=O) groups excluding carboxylic acids is 1. The zero-order chi connectivity index (χ0) is 15.4. The van der Waals surface area contributed by atoms with Crippen LogP contribution in [0.4, 0.5) is 0 Å². The molecule has 1 saturated heterocycles. The normalized spacial score (nSPS) is 18.9. The molecule has 1 atom stereocenters. The summed E-state index contributed by atoms with van der Waals surface area (Å²) in [6, 6.07) is 0.269. The van der Waals surface area contributed by atoms with Gasteiger partial charge in [0.15, 0.2) is 0 Å². The van der Waals surface area contributed by atoms with Crippen molar-refractivity contribution in [1.29, 1.82) is 0 Å². The van der Waals surface area contributed by atoms with Crippen LogP contribution in [-0.2, 0) is 11.2 Å². The number of aromatic nitrogens is 1. The number of likely N-dealkylation sites (tertiary alicyclic amines) is 1. The molecule has 1 aromatic heterocycles. The van der Waals surface area contributed by atoms with E-state index in [4.69, 9.17) is 5.73 Å². The number of amides is 1.